The molecule has 106 valence electrons. The molecule has 1 rings (SSSR count). The molecule has 0 bridgehead atoms. The number of amides is 1. The summed E-state index contributed by atoms with van der Waals surface area (Å²) in [5.41, 5.74) is 7.39. The molecule has 0 saturated carbocycles. The number of nitrogens with two attached hydrogens (primary N) is 1. The highest BCUT2D eigenvalue weighted by atomic mass is 16.2. The van der Waals surface area contributed by atoms with Crippen molar-refractivity contribution in [3.05, 3.63) is 33.7 Å². The van der Waals surface area contributed by atoms with E-state index in [0.29, 0.717) is 12.3 Å². The highest BCUT2D eigenvalue weighted by Gasteiger charge is 2.20. The fourth-order valence-corrected chi connectivity index (χ4v) is 2.27. The van der Waals surface area contributed by atoms with Crippen molar-refractivity contribution in [2.75, 3.05) is 0 Å². The Hall–Kier alpha value is -1.58. The maximum absolute atomic E-state index is 12.1. The summed E-state index contributed by atoms with van der Waals surface area (Å²) in [5.74, 6) is -0.137. The zero-order chi connectivity index (χ0) is 14.6. The van der Waals surface area contributed by atoms with E-state index in [2.05, 4.69) is 6.92 Å². The molecule has 1 amide bonds. The maximum Gasteiger partial charge on any atom is 0.251 e. The summed E-state index contributed by atoms with van der Waals surface area (Å²) < 4.78 is 1.50. The van der Waals surface area contributed by atoms with Crippen molar-refractivity contribution >= 4 is 5.91 Å². The van der Waals surface area contributed by atoms with E-state index in [9.17, 15) is 9.59 Å². The van der Waals surface area contributed by atoms with E-state index in [-0.39, 0.29) is 5.56 Å². The fourth-order valence-electron chi connectivity index (χ4n) is 2.27. The van der Waals surface area contributed by atoms with E-state index < -0.39 is 11.9 Å². The van der Waals surface area contributed by atoms with Crippen LogP contribution < -0.4 is 11.3 Å². The van der Waals surface area contributed by atoms with Crippen LogP contribution in [0.25, 0.3) is 0 Å². The van der Waals surface area contributed by atoms with Gasteiger partial charge in [0, 0.05) is 12.3 Å². The molecule has 0 aromatic carbocycles. The number of nitrogens with zero attached hydrogens (tertiary/aromatic N) is 1. The highest BCUT2D eigenvalue weighted by Crippen LogP contribution is 2.17. The Balaban J connectivity index is 3.25. The number of aryl methyl sites for hydroxylation is 2. The summed E-state index contributed by atoms with van der Waals surface area (Å²) in [5, 5.41) is 0. The molecular formula is C15H24N2O2. The molecule has 0 radical (unpaired) electrons. The lowest BCUT2D eigenvalue weighted by Gasteiger charge is -2.20. The lowest BCUT2D eigenvalue weighted by Crippen LogP contribution is -2.34. The van der Waals surface area contributed by atoms with Gasteiger partial charge in [0.05, 0.1) is 0 Å². The van der Waals surface area contributed by atoms with Crippen LogP contribution in [0.5, 0.6) is 0 Å². The maximum atomic E-state index is 12.1. The van der Waals surface area contributed by atoms with E-state index in [1.54, 1.807) is 12.3 Å². The predicted octanol–water partition coefficient (Wildman–Crippen LogP) is 2.18. The van der Waals surface area contributed by atoms with Gasteiger partial charge in [-0.1, -0.05) is 27.2 Å². The van der Waals surface area contributed by atoms with Gasteiger partial charge in [-0.3, -0.25) is 9.59 Å². The summed E-state index contributed by atoms with van der Waals surface area (Å²) in [6, 6.07) is 1.05. The fraction of sp³-hybridized carbons (Fsp3) is 0.600. The smallest absolute Gasteiger partial charge is 0.251 e. The third-order valence-electron chi connectivity index (χ3n) is 3.27. The van der Waals surface area contributed by atoms with Crippen molar-refractivity contribution in [2.24, 2.45) is 11.7 Å². The molecule has 1 aromatic heterocycles. The minimum absolute atomic E-state index is 0.151. The Bertz CT molecular complexity index is 503. The van der Waals surface area contributed by atoms with E-state index in [1.807, 2.05) is 20.8 Å². The number of aromatic nitrogens is 1. The van der Waals surface area contributed by atoms with Crippen molar-refractivity contribution in [2.45, 2.75) is 53.0 Å². The topological polar surface area (TPSA) is 65.1 Å². The van der Waals surface area contributed by atoms with Crippen LogP contribution in [-0.4, -0.2) is 10.5 Å². The number of hydrogen-bond acceptors (Lipinski definition) is 2. The molecule has 0 saturated heterocycles. The number of carbonyl (C=O) groups excluding carboxylic acids is 1. The Morgan fingerprint density at radius 2 is 2.05 bits per heavy atom. The number of primary amides is 1. The summed E-state index contributed by atoms with van der Waals surface area (Å²) >= 11 is 0. The molecule has 1 atom stereocenters. The lowest BCUT2D eigenvalue weighted by atomic mass is 10.0. The first-order chi connectivity index (χ1) is 8.86. The number of hydrogen-bond donors (Lipinski definition) is 1. The van der Waals surface area contributed by atoms with Crippen molar-refractivity contribution in [1.82, 2.24) is 4.57 Å². The summed E-state index contributed by atoms with van der Waals surface area (Å²) in [7, 11) is 0. The molecule has 1 heterocycles. The van der Waals surface area contributed by atoms with Crippen LogP contribution in [0, 0.1) is 12.8 Å². The minimum atomic E-state index is -0.552. The molecule has 1 unspecified atom stereocenters. The second-order valence-corrected chi connectivity index (χ2v) is 5.52. The number of rotatable bonds is 6. The minimum Gasteiger partial charge on any atom is -0.368 e. The van der Waals surface area contributed by atoms with Crippen LogP contribution >= 0.6 is 0 Å². The monoisotopic (exact) mass is 264 g/mol. The van der Waals surface area contributed by atoms with Crippen molar-refractivity contribution in [1.29, 1.82) is 0 Å². The molecule has 1 aromatic rings. The van der Waals surface area contributed by atoms with Gasteiger partial charge < -0.3 is 10.3 Å². The van der Waals surface area contributed by atoms with Gasteiger partial charge in [-0.2, -0.15) is 0 Å². The first-order valence-corrected chi connectivity index (χ1v) is 6.87. The Morgan fingerprint density at radius 1 is 1.42 bits per heavy atom. The van der Waals surface area contributed by atoms with Gasteiger partial charge in [0.1, 0.15) is 6.04 Å². The van der Waals surface area contributed by atoms with Crippen LogP contribution in [0.15, 0.2) is 17.1 Å². The number of pyridine rings is 1. The second-order valence-electron chi connectivity index (χ2n) is 5.52. The highest BCUT2D eigenvalue weighted by molar-refractivity contribution is 5.78. The van der Waals surface area contributed by atoms with Crippen molar-refractivity contribution < 1.29 is 4.79 Å². The van der Waals surface area contributed by atoms with E-state index >= 15 is 0 Å². The zero-order valence-corrected chi connectivity index (χ0v) is 12.3. The van der Waals surface area contributed by atoms with E-state index in [0.717, 1.165) is 24.0 Å². The van der Waals surface area contributed by atoms with Gasteiger partial charge in [-0.05, 0) is 36.8 Å². The van der Waals surface area contributed by atoms with E-state index in [1.165, 1.54) is 4.57 Å². The third kappa shape index (κ3) is 3.94. The summed E-state index contributed by atoms with van der Waals surface area (Å²) in [6.07, 6.45) is 4.30. The van der Waals surface area contributed by atoms with Crippen LogP contribution in [0.3, 0.4) is 0 Å². The van der Waals surface area contributed by atoms with Gasteiger partial charge >= 0.3 is 0 Å². The van der Waals surface area contributed by atoms with E-state index in [4.69, 9.17) is 5.73 Å². The van der Waals surface area contributed by atoms with Gasteiger partial charge in [0.25, 0.3) is 5.56 Å². The molecule has 4 nitrogen and oxygen atoms in total. The average molecular weight is 264 g/mol. The third-order valence-corrected chi connectivity index (χ3v) is 3.27. The molecule has 0 aliphatic rings. The molecule has 19 heavy (non-hydrogen) atoms. The van der Waals surface area contributed by atoms with Crippen LogP contribution in [0.1, 0.15) is 50.8 Å². The largest absolute Gasteiger partial charge is 0.368 e. The molecule has 0 aliphatic carbocycles. The van der Waals surface area contributed by atoms with Crippen LogP contribution in [0.4, 0.5) is 0 Å². The normalized spacial score (nSPS) is 12.7. The first kappa shape index (κ1) is 15.5. The van der Waals surface area contributed by atoms with Gasteiger partial charge in [-0.15, -0.1) is 0 Å². The lowest BCUT2D eigenvalue weighted by molar-refractivity contribution is -0.121. The van der Waals surface area contributed by atoms with Gasteiger partial charge in [0.15, 0.2) is 0 Å². The summed E-state index contributed by atoms with van der Waals surface area (Å²) in [6.45, 7) is 8.05. The van der Waals surface area contributed by atoms with Gasteiger partial charge in [0.2, 0.25) is 5.91 Å². The molecule has 0 aliphatic heterocycles. The number of carbonyl (C=O) groups is 1. The molecule has 4 heteroatoms. The zero-order valence-electron chi connectivity index (χ0n) is 12.3. The molecule has 0 fully saturated rings. The Labute approximate surface area is 114 Å². The summed E-state index contributed by atoms with van der Waals surface area (Å²) in [4.78, 5) is 23.7. The molecular weight excluding hydrogens is 240 g/mol. The standard InChI is InChI=1S/C15H24N2O2/c1-5-6-12-9-17(14(18)8-11(12)4)13(15(16)19)7-10(2)3/h8-10,13H,5-7H2,1-4H3,(H2,16,19). The molecule has 2 N–H and O–H groups in total. The first-order valence-electron chi connectivity index (χ1n) is 6.87. The predicted molar refractivity (Wildman–Crippen MR) is 77.1 cm³/mol. The Morgan fingerprint density at radius 3 is 2.53 bits per heavy atom. The SMILES string of the molecule is CCCc1cn(C(CC(C)C)C(N)=O)c(=O)cc1C. The molecule has 0 spiro atoms. The quantitative estimate of drug-likeness (QED) is 0.856. The van der Waals surface area contributed by atoms with Crippen molar-refractivity contribution in [3.8, 4) is 0 Å². The second kappa shape index (κ2) is 6.55. The van der Waals surface area contributed by atoms with Crippen molar-refractivity contribution in [3.63, 3.8) is 0 Å². The van der Waals surface area contributed by atoms with Gasteiger partial charge in [-0.25, -0.2) is 0 Å². The van der Waals surface area contributed by atoms with Crippen LogP contribution in [-0.2, 0) is 11.2 Å². The Kier molecular flexibility index (Phi) is 5.33. The average Bonchev–Trinajstić information content (AvgIpc) is 2.29. The van der Waals surface area contributed by atoms with Crippen LogP contribution in [0.2, 0.25) is 0 Å².